The zero-order chi connectivity index (χ0) is 19.3. The molecule has 1 aromatic carbocycles. The van der Waals surface area contributed by atoms with Crippen molar-refractivity contribution in [2.24, 2.45) is 17.6 Å². The Morgan fingerprint density at radius 3 is 2.42 bits per heavy atom. The zero-order valence-electron chi connectivity index (χ0n) is 14.3. The number of carboxylic acid groups (broad SMARTS) is 1. The van der Waals surface area contributed by atoms with E-state index in [1.807, 2.05) is 0 Å². The van der Waals surface area contributed by atoms with Crippen LogP contribution < -0.4 is 11.1 Å². The number of rotatable bonds is 6. The summed E-state index contributed by atoms with van der Waals surface area (Å²) < 4.78 is 38.3. The summed E-state index contributed by atoms with van der Waals surface area (Å²) in [4.78, 5) is 23.8. The highest BCUT2D eigenvalue weighted by atomic mass is 19.4. The van der Waals surface area contributed by atoms with Gasteiger partial charge in [-0.25, -0.2) is 4.79 Å². The van der Waals surface area contributed by atoms with Gasteiger partial charge in [-0.05, 0) is 49.8 Å². The monoisotopic (exact) mass is 372 g/mol. The fourth-order valence-corrected chi connectivity index (χ4v) is 3.26. The number of halogens is 3. The van der Waals surface area contributed by atoms with E-state index in [0.717, 1.165) is 25.0 Å². The fourth-order valence-electron chi connectivity index (χ4n) is 3.26. The maximum atomic E-state index is 12.8. The van der Waals surface area contributed by atoms with Gasteiger partial charge in [-0.15, -0.1) is 0 Å². The second kappa shape index (κ2) is 8.53. The van der Waals surface area contributed by atoms with E-state index in [2.05, 4.69) is 5.32 Å². The summed E-state index contributed by atoms with van der Waals surface area (Å²) in [6.07, 6.45) is -1.78. The number of carboxylic acids is 1. The molecular weight excluding hydrogens is 349 g/mol. The Labute approximate surface area is 149 Å². The van der Waals surface area contributed by atoms with Crippen LogP contribution in [-0.2, 0) is 22.2 Å². The zero-order valence-corrected chi connectivity index (χ0v) is 14.3. The van der Waals surface area contributed by atoms with Gasteiger partial charge in [0.05, 0.1) is 5.56 Å². The lowest BCUT2D eigenvalue weighted by Crippen LogP contribution is -2.45. The van der Waals surface area contributed by atoms with Crippen molar-refractivity contribution in [3.8, 4) is 0 Å². The molecule has 0 spiro atoms. The Kier molecular flexibility index (Phi) is 6.63. The number of aliphatic carboxylic acids is 1. The number of amides is 1. The van der Waals surface area contributed by atoms with Crippen molar-refractivity contribution in [2.45, 2.75) is 44.3 Å². The third kappa shape index (κ3) is 5.45. The average Bonchev–Trinajstić information content (AvgIpc) is 2.60. The van der Waals surface area contributed by atoms with Gasteiger partial charge in [0, 0.05) is 12.3 Å². The van der Waals surface area contributed by atoms with Gasteiger partial charge in [0.2, 0.25) is 5.91 Å². The number of alkyl halides is 3. The first-order valence-electron chi connectivity index (χ1n) is 8.60. The largest absolute Gasteiger partial charge is 0.480 e. The van der Waals surface area contributed by atoms with Crippen molar-refractivity contribution in [1.29, 1.82) is 0 Å². The molecule has 5 nitrogen and oxygen atoms in total. The molecule has 144 valence electrons. The first-order valence-corrected chi connectivity index (χ1v) is 8.60. The van der Waals surface area contributed by atoms with Gasteiger partial charge >= 0.3 is 12.1 Å². The van der Waals surface area contributed by atoms with Crippen LogP contribution in [0.2, 0.25) is 0 Å². The Balaban J connectivity index is 2.01. The summed E-state index contributed by atoms with van der Waals surface area (Å²) in [5, 5.41) is 11.8. The first-order chi connectivity index (χ1) is 12.2. The molecule has 8 heteroatoms. The number of nitrogens with two attached hydrogens (primary N) is 1. The van der Waals surface area contributed by atoms with Crippen LogP contribution >= 0.6 is 0 Å². The van der Waals surface area contributed by atoms with Gasteiger partial charge in [0.1, 0.15) is 6.04 Å². The van der Waals surface area contributed by atoms with E-state index in [4.69, 9.17) is 5.73 Å². The lowest BCUT2D eigenvalue weighted by atomic mass is 9.81. The van der Waals surface area contributed by atoms with Crippen LogP contribution in [0.1, 0.15) is 36.8 Å². The van der Waals surface area contributed by atoms with Gasteiger partial charge in [-0.2, -0.15) is 13.2 Å². The lowest BCUT2D eigenvalue weighted by molar-refractivity contribution is -0.142. The minimum Gasteiger partial charge on any atom is -0.480 e. The summed E-state index contributed by atoms with van der Waals surface area (Å²) in [5.74, 6) is -1.52. The number of hydrogen-bond acceptors (Lipinski definition) is 3. The third-order valence-electron chi connectivity index (χ3n) is 4.86. The fraction of sp³-hybridized carbons (Fsp3) is 0.556. The molecule has 1 aliphatic carbocycles. The van der Waals surface area contributed by atoms with E-state index in [1.54, 1.807) is 0 Å². The molecule has 2 rings (SSSR count). The van der Waals surface area contributed by atoms with Crippen molar-refractivity contribution in [1.82, 2.24) is 5.32 Å². The normalized spacial score (nSPS) is 21.8. The molecule has 4 N–H and O–H groups in total. The molecule has 1 fully saturated rings. The Morgan fingerprint density at radius 2 is 1.88 bits per heavy atom. The molecule has 1 amide bonds. The maximum absolute atomic E-state index is 12.8. The molecule has 1 aromatic rings. The van der Waals surface area contributed by atoms with Gasteiger partial charge in [-0.3, -0.25) is 4.79 Å². The van der Waals surface area contributed by atoms with E-state index < -0.39 is 23.8 Å². The highest BCUT2D eigenvalue weighted by Crippen LogP contribution is 2.30. The number of hydrogen-bond donors (Lipinski definition) is 3. The molecule has 1 saturated carbocycles. The van der Waals surface area contributed by atoms with Crippen molar-refractivity contribution >= 4 is 11.9 Å². The van der Waals surface area contributed by atoms with Crippen LogP contribution in [0.15, 0.2) is 24.3 Å². The van der Waals surface area contributed by atoms with Crippen LogP contribution in [0, 0.1) is 11.8 Å². The summed E-state index contributed by atoms with van der Waals surface area (Å²) >= 11 is 0. The van der Waals surface area contributed by atoms with Gasteiger partial charge < -0.3 is 16.2 Å². The van der Waals surface area contributed by atoms with Crippen molar-refractivity contribution < 1.29 is 27.9 Å². The number of carbonyl (C=O) groups excluding carboxylic acids is 1. The molecule has 0 saturated heterocycles. The number of carbonyl (C=O) groups is 2. The molecule has 26 heavy (non-hydrogen) atoms. The van der Waals surface area contributed by atoms with E-state index in [9.17, 15) is 27.9 Å². The molecule has 1 aliphatic rings. The second-order valence-electron chi connectivity index (χ2n) is 6.76. The summed E-state index contributed by atoms with van der Waals surface area (Å²) in [5.41, 5.74) is 4.98. The Morgan fingerprint density at radius 1 is 1.23 bits per heavy atom. The molecule has 0 aliphatic heterocycles. The Hall–Kier alpha value is -2.09. The average molecular weight is 372 g/mol. The molecular formula is C18H23F3N2O3. The van der Waals surface area contributed by atoms with Gasteiger partial charge in [0.15, 0.2) is 0 Å². The number of benzene rings is 1. The quantitative estimate of drug-likeness (QED) is 0.716. The summed E-state index contributed by atoms with van der Waals surface area (Å²) in [6, 6.07) is 3.22. The van der Waals surface area contributed by atoms with Crippen molar-refractivity contribution in [3.63, 3.8) is 0 Å². The molecule has 1 atom stereocenters. The van der Waals surface area contributed by atoms with Crippen LogP contribution in [0.25, 0.3) is 0 Å². The van der Waals surface area contributed by atoms with Gasteiger partial charge in [0.25, 0.3) is 0 Å². The minimum absolute atomic E-state index is 0.205. The standard InChI is InChI=1S/C18H23F3N2O3/c19-18(20,21)14-3-1-2-12(8-14)9-15(17(25)26)23-16(24)13-6-4-11(10-22)5-7-13/h1-3,8,11,13,15H,4-7,9-10,22H2,(H,23,24)(H,25,26). The highest BCUT2D eigenvalue weighted by molar-refractivity contribution is 5.85. The predicted octanol–water partition coefficient (Wildman–Crippen LogP) is 2.58. The second-order valence-corrected chi connectivity index (χ2v) is 6.76. The lowest BCUT2D eigenvalue weighted by Gasteiger charge is -2.28. The van der Waals surface area contributed by atoms with Crippen LogP contribution in [0.3, 0.4) is 0 Å². The Bertz CT molecular complexity index is 641. The van der Waals surface area contributed by atoms with Crippen LogP contribution in [0.4, 0.5) is 13.2 Å². The topological polar surface area (TPSA) is 92.4 Å². The van der Waals surface area contributed by atoms with Gasteiger partial charge in [-0.1, -0.05) is 18.2 Å². The minimum atomic E-state index is -4.50. The molecule has 0 aromatic heterocycles. The molecule has 0 heterocycles. The van der Waals surface area contributed by atoms with Crippen LogP contribution in [-0.4, -0.2) is 29.6 Å². The van der Waals surface area contributed by atoms with E-state index in [0.29, 0.717) is 25.3 Å². The van der Waals surface area contributed by atoms with E-state index >= 15 is 0 Å². The summed E-state index contributed by atoms with van der Waals surface area (Å²) in [7, 11) is 0. The van der Waals surface area contributed by atoms with E-state index in [-0.39, 0.29) is 23.8 Å². The smallest absolute Gasteiger partial charge is 0.416 e. The highest BCUT2D eigenvalue weighted by Gasteiger charge is 2.32. The van der Waals surface area contributed by atoms with Crippen LogP contribution in [0.5, 0.6) is 0 Å². The molecule has 1 unspecified atom stereocenters. The molecule has 0 radical (unpaired) electrons. The summed E-state index contributed by atoms with van der Waals surface area (Å²) in [6.45, 7) is 0.571. The third-order valence-corrected chi connectivity index (χ3v) is 4.86. The van der Waals surface area contributed by atoms with E-state index in [1.165, 1.54) is 12.1 Å². The number of nitrogens with one attached hydrogen (secondary N) is 1. The van der Waals surface area contributed by atoms with Crippen molar-refractivity contribution in [3.05, 3.63) is 35.4 Å². The first kappa shape index (κ1) is 20.2. The maximum Gasteiger partial charge on any atom is 0.416 e. The molecule has 0 bridgehead atoms. The van der Waals surface area contributed by atoms with Crippen molar-refractivity contribution in [2.75, 3.05) is 6.54 Å². The predicted molar refractivity (Wildman–Crippen MR) is 89.2 cm³/mol. The SMILES string of the molecule is NCC1CCC(C(=O)NC(Cc2cccc(C(F)(F)F)c2)C(=O)O)CC1.